The van der Waals surface area contributed by atoms with Crippen LogP contribution in [0, 0.1) is 0 Å². The first-order valence-electron chi connectivity index (χ1n) is 7.60. The van der Waals surface area contributed by atoms with E-state index in [1.807, 2.05) is 17.0 Å². The number of carbonyl (C=O) groups is 2. The van der Waals surface area contributed by atoms with Gasteiger partial charge in [0, 0.05) is 34.4 Å². The molecule has 2 amide bonds. The van der Waals surface area contributed by atoms with E-state index in [0.29, 0.717) is 16.8 Å². The van der Waals surface area contributed by atoms with Crippen LogP contribution in [-0.4, -0.2) is 29.8 Å². The zero-order chi connectivity index (χ0) is 16.2. The van der Waals surface area contributed by atoms with Gasteiger partial charge >= 0.3 is 0 Å². The van der Waals surface area contributed by atoms with Crippen molar-refractivity contribution in [2.24, 2.45) is 0 Å². The Morgan fingerprint density at radius 2 is 1.65 bits per heavy atom. The lowest BCUT2D eigenvalue weighted by Gasteiger charge is -2.15. The number of halogens is 1. The number of amides is 2. The molecule has 4 nitrogen and oxygen atoms in total. The quantitative estimate of drug-likeness (QED) is 0.886. The zero-order valence-corrected chi connectivity index (χ0v) is 14.2. The van der Waals surface area contributed by atoms with Crippen LogP contribution in [0.15, 0.2) is 53.0 Å². The third-order valence-electron chi connectivity index (χ3n) is 3.85. The largest absolute Gasteiger partial charge is 0.339 e. The molecule has 0 spiro atoms. The molecule has 1 aliphatic heterocycles. The summed E-state index contributed by atoms with van der Waals surface area (Å²) in [5.74, 6) is -0.168. The summed E-state index contributed by atoms with van der Waals surface area (Å²) in [4.78, 5) is 26.5. The monoisotopic (exact) mass is 372 g/mol. The molecule has 1 aliphatic rings. The molecule has 2 aromatic rings. The fourth-order valence-corrected chi connectivity index (χ4v) is 3.06. The Balaban J connectivity index is 1.74. The predicted octanol–water partition coefficient (Wildman–Crippen LogP) is 3.94. The van der Waals surface area contributed by atoms with E-state index in [2.05, 4.69) is 21.2 Å². The van der Waals surface area contributed by atoms with Crippen LogP contribution >= 0.6 is 15.9 Å². The highest BCUT2D eigenvalue weighted by atomic mass is 79.9. The summed E-state index contributed by atoms with van der Waals surface area (Å²) in [5, 5.41) is 2.84. The molecule has 1 saturated heterocycles. The van der Waals surface area contributed by atoms with Crippen LogP contribution in [0.3, 0.4) is 0 Å². The summed E-state index contributed by atoms with van der Waals surface area (Å²) in [5.41, 5.74) is 1.80. The third-order valence-corrected chi connectivity index (χ3v) is 4.34. The fourth-order valence-electron chi connectivity index (χ4n) is 2.67. The van der Waals surface area contributed by atoms with Gasteiger partial charge < -0.3 is 10.2 Å². The molecule has 0 aromatic heterocycles. The van der Waals surface area contributed by atoms with Crippen LogP contribution in [0.25, 0.3) is 0 Å². The summed E-state index contributed by atoms with van der Waals surface area (Å²) >= 11 is 3.35. The molecule has 0 aliphatic carbocycles. The van der Waals surface area contributed by atoms with Gasteiger partial charge in [0.05, 0.1) is 0 Å². The van der Waals surface area contributed by atoms with Crippen LogP contribution in [0.4, 0.5) is 5.69 Å². The average molecular weight is 373 g/mol. The maximum Gasteiger partial charge on any atom is 0.255 e. The molecular weight excluding hydrogens is 356 g/mol. The molecule has 0 radical (unpaired) electrons. The molecule has 23 heavy (non-hydrogen) atoms. The Kier molecular flexibility index (Phi) is 4.76. The molecule has 0 saturated carbocycles. The highest BCUT2D eigenvalue weighted by Gasteiger charge is 2.19. The van der Waals surface area contributed by atoms with Gasteiger partial charge in [-0.15, -0.1) is 0 Å². The zero-order valence-electron chi connectivity index (χ0n) is 12.6. The summed E-state index contributed by atoms with van der Waals surface area (Å²) in [6.07, 6.45) is 2.12. The van der Waals surface area contributed by atoms with Gasteiger partial charge in [0.2, 0.25) is 0 Å². The highest BCUT2D eigenvalue weighted by Crippen LogP contribution is 2.18. The number of likely N-dealkylation sites (tertiary alicyclic amines) is 1. The van der Waals surface area contributed by atoms with Crippen molar-refractivity contribution >= 4 is 33.4 Å². The van der Waals surface area contributed by atoms with Gasteiger partial charge in [-0.05, 0) is 49.2 Å². The number of nitrogens with one attached hydrogen (secondary N) is 1. The average Bonchev–Trinajstić information content (AvgIpc) is 3.09. The lowest BCUT2D eigenvalue weighted by atomic mass is 10.1. The predicted molar refractivity (Wildman–Crippen MR) is 93.7 cm³/mol. The van der Waals surface area contributed by atoms with Crippen molar-refractivity contribution in [1.82, 2.24) is 4.90 Å². The van der Waals surface area contributed by atoms with E-state index < -0.39 is 0 Å². The van der Waals surface area contributed by atoms with E-state index >= 15 is 0 Å². The minimum absolute atomic E-state index is 0.0288. The molecule has 1 heterocycles. The number of rotatable bonds is 3. The van der Waals surface area contributed by atoms with Gasteiger partial charge in [0.15, 0.2) is 0 Å². The van der Waals surface area contributed by atoms with Gasteiger partial charge in [-0.1, -0.05) is 28.1 Å². The number of anilines is 1. The number of carbonyl (C=O) groups excluding carboxylic acids is 2. The molecule has 1 fully saturated rings. The van der Waals surface area contributed by atoms with Gasteiger partial charge in [-0.25, -0.2) is 0 Å². The second-order valence-corrected chi connectivity index (χ2v) is 6.46. The lowest BCUT2D eigenvalue weighted by Crippen LogP contribution is -2.27. The van der Waals surface area contributed by atoms with Crippen LogP contribution in [-0.2, 0) is 0 Å². The topological polar surface area (TPSA) is 49.4 Å². The maximum absolute atomic E-state index is 12.4. The van der Waals surface area contributed by atoms with Crippen molar-refractivity contribution in [2.75, 3.05) is 18.4 Å². The normalized spacial score (nSPS) is 13.9. The third kappa shape index (κ3) is 3.79. The van der Waals surface area contributed by atoms with Crippen LogP contribution < -0.4 is 5.32 Å². The molecule has 0 unspecified atom stereocenters. The van der Waals surface area contributed by atoms with Crippen LogP contribution in [0.5, 0.6) is 0 Å². The van der Waals surface area contributed by atoms with Crippen molar-refractivity contribution in [3.63, 3.8) is 0 Å². The smallest absolute Gasteiger partial charge is 0.255 e. The molecule has 3 rings (SSSR count). The maximum atomic E-state index is 12.4. The Labute approximate surface area is 143 Å². The molecule has 1 N–H and O–H groups in total. The second kappa shape index (κ2) is 6.96. The van der Waals surface area contributed by atoms with Crippen molar-refractivity contribution in [2.45, 2.75) is 12.8 Å². The Morgan fingerprint density at radius 3 is 2.39 bits per heavy atom. The van der Waals surface area contributed by atoms with Crippen LogP contribution in [0.1, 0.15) is 33.6 Å². The summed E-state index contributed by atoms with van der Waals surface area (Å²) in [6.45, 7) is 1.63. The van der Waals surface area contributed by atoms with Crippen LogP contribution in [0.2, 0.25) is 0 Å². The standard InChI is InChI=1S/C18H17BrN2O2/c19-15-7-3-5-13(11-15)17(22)20-16-8-4-6-14(12-16)18(23)21-9-1-2-10-21/h3-8,11-12H,1-2,9-10H2,(H,20,22). The first-order chi connectivity index (χ1) is 11.1. The fraction of sp³-hybridized carbons (Fsp3) is 0.222. The van der Waals surface area contributed by atoms with Crippen molar-refractivity contribution < 1.29 is 9.59 Å². The van der Waals surface area contributed by atoms with Crippen molar-refractivity contribution in [1.29, 1.82) is 0 Å². The summed E-state index contributed by atoms with van der Waals surface area (Å²) < 4.78 is 0.850. The Hall–Kier alpha value is -2.14. The Morgan fingerprint density at radius 1 is 0.957 bits per heavy atom. The van der Waals surface area contributed by atoms with E-state index in [-0.39, 0.29) is 11.8 Å². The first kappa shape index (κ1) is 15.7. The molecule has 0 bridgehead atoms. The van der Waals surface area contributed by atoms with E-state index in [0.717, 1.165) is 30.4 Å². The van der Waals surface area contributed by atoms with Gasteiger partial charge in [-0.2, -0.15) is 0 Å². The molecule has 118 valence electrons. The minimum Gasteiger partial charge on any atom is -0.339 e. The highest BCUT2D eigenvalue weighted by molar-refractivity contribution is 9.10. The van der Waals surface area contributed by atoms with Crippen molar-refractivity contribution in [3.05, 3.63) is 64.1 Å². The number of benzene rings is 2. The molecule has 5 heteroatoms. The van der Waals surface area contributed by atoms with Gasteiger partial charge in [0.1, 0.15) is 0 Å². The number of hydrogen-bond acceptors (Lipinski definition) is 2. The number of nitrogens with zero attached hydrogens (tertiary/aromatic N) is 1. The molecular formula is C18H17BrN2O2. The first-order valence-corrected chi connectivity index (χ1v) is 8.39. The minimum atomic E-state index is -0.197. The molecule has 2 aromatic carbocycles. The van der Waals surface area contributed by atoms with Crippen molar-refractivity contribution in [3.8, 4) is 0 Å². The number of hydrogen-bond donors (Lipinski definition) is 1. The lowest BCUT2D eigenvalue weighted by molar-refractivity contribution is 0.0792. The SMILES string of the molecule is O=C(Nc1cccc(C(=O)N2CCCC2)c1)c1cccc(Br)c1. The Bertz CT molecular complexity index is 739. The summed E-state index contributed by atoms with van der Waals surface area (Å²) in [6, 6.07) is 14.3. The summed E-state index contributed by atoms with van der Waals surface area (Å²) in [7, 11) is 0. The van der Waals surface area contributed by atoms with Gasteiger partial charge in [0.25, 0.3) is 11.8 Å². The van der Waals surface area contributed by atoms with Gasteiger partial charge in [-0.3, -0.25) is 9.59 Å². The molecule has 0 atom stereocenters. The van der Waals surface area contributed by atoms with E-state index in [1.54, 1.807) is 36.4 Å². The van der Waals surface area contributed by atoms with E-state index in [4.69, 9.17) is 0 Å². The second-order valence-electron chi connectivity index (χ2n) is 5.54. The van der Waals surface area contributed by atoms with E-state index in [1.165, 1.54) is 0 Å². The van der Waals surface area contributed by atoms with E-state index in [9.17, 15) is 9.59 Å².